The van der Waals surface area contributed by atoms with E-state index < -0.39 is 16.1 Å². The fourth-order valence-corrected chi connectivity index (χ4v) is 3.28. The highest BCUT2D eigenvalue weighted by Crippen LogP contribution is 2.15. The monoisotopic (exact) mass is 336 g/mol. The van der Waals surface area contributed by atoms with E-state index in [4.69, 9.17) is 4.42 Å². The molecular formula is C10H13BrN2O4S. The lowest BCUT2D eigenvalue weighted by Gasteiger charge is -2.25. The lowest BCUT2D eigenvalue weighted by Crippen LogP contribution is -2.45. The van der Waals surface area contributed by atoms with Crippen LogP contribution in [0.25, 0.3) is 0 Å². The summed E-state index contributed by atoms with van der Waals surface area (Å²) in [5.41, 5.74) is 0. The quantitative estimate of drug-likeness (QED) is 0.907. The molecule has 1 saturated heterocycles. The van der Waals surface area contributed by atoms with Crippen molar-refractivity contribution in [3.05, 3.63) is 22.6 Å². The first kappa shape index (κ1) is 13.6. The van der Waals surface area contributed by atoms with Gasteiger partial charge in [-0.15, -0.1) is 0 Å². The van der Waals surface area contributed by atoms with E-state index in [2.05, 4.69) is 15.9 Å². The predicted molar refractivity (Wildman–Crippen MR) is 68.2 cm³/mol. The number of carbonyl (C=O) groups excluding carboxylic acids is 1. The number of halogens is 1. The number of hydrogen-bond donors (Lipinski definition) is 1. The minimum Gasteiger partial charge on any atom is -0.444 e. The van der Waals surface area contributed by atoms with Gasteiger partial charge < -0.3 is 4.42 Å². The van der Waals surface area contributed by atoms with Crippen molar-refractivity contribution in [1.29, 1.82) is 0 Å². The molecule has 0 saturated carbocycles. The van der Waals surface area contributed by atoms with E-state index in [0.29, 0.717) is 17.8 Å². The average Bonchev–Trinajstić information content (AvgIpc) is 2.77. The van der Waals surface area contributed by atoms with Crippen molar-refractivity contribution in [2.24, 2.45) is 0 Å². The van der Waals surface area contributed by atoms with Gasteiger partial charge in [0.25, 0.3) is 0 Å². The summed E-state index contributed by atoms with van der Waals surface area (Å²) in [6.07, 6.45) is 2.66. The molecule has 1 N–H and O–H groups in total. The van der Waals surface area contributed by atoms with Gasteiger partial charge in [-0.05, 0) is 40.9 Å². The fourth-order valence-electron chi connectivity index (χ4n) is 1.77. The first-order valence-corrected chi connectivity index (χ1v) is 7.80. The Morgan fingerprint density at radius 1 is 1.28 bits per heavy atom. The Balaban J connectivity index is 2.05. The molecule has 1 aliphatic heterocycles. The van der Waals surface area contributed by atoms with Gasteiger partial charge in [0.2, 0.25) is 0 Å². The van der Waals surface area contributed by atoms with Gasteiger partial charge in [0.05, 0.1) is 0 Å². The average molecular weight is 337 g/mol. The molecule has 0 radical (unpaired) electrons. The highest BCUT2D eigenvalue weighted by molar-refractivity contribution is 9.10. The molecule has 8 heteroatoms. The Morgan fingerprint density at radius 2 is 1.94 bits per heavy atom. The van der Waals surface area contributed by atoms with Crippen LogP contribution in [0.1, 0.15) is 29.8 Å². The number of carbonyl (C=O) groups is 1. The number of piperidine rings is 1. The van der Waals surface area contributed by atoms with Crippen LogP contribution in [0.3, 0.4) is 0 Å². The lowest BCUT2D eigenvalue weighted by molar-refractivity contribution is 0.0950. The smallest absolute Gasteiger partial charge is 0.304 e. The van der Waals surface area contributed by atoms with Crippen LogP contribution >= 0.6 is 15.9 Å². The summed E-state index contributed by atoms with van der Waals surface area (Å²) in [5.74, 6) is -0.797. The number of rotatable bonds is 3. The van der Waals surface area contributed by atoms with Crippen molar-refractivity contribution in [3.8, 4) is 0 Å². The van der Waals surface area contributed by atoms with Crippen LogP contribution in [-0.4, -0.2) is 31.7 Å². The zero-order chi connectivity index (χ0) is 13.2. The first-order valence-electron chi connectivity index (χ1n) is 5.56. The van der Waals surface area contributed by atoms with Gasteiger partial charge in [-0.2, -0.15) is 12.7 Å². The summed E-state index contributed by atoms with van der Waals surface area (Å²) in [6.45, 7) is 0.898. The number of amides is 1. The third-order valence-corrected chi connectivity index (χ3v) is 4.59. The highest BCUT2D eigenvalue weighted by Gasteiger charge is 2.27. The zero-order valence-electron chi connectivity index (χ0n) is 9.56. The van der Waals surface area contributed by atoms with Gasteiger partial charge in [-0.3, -0.25) is 4.79 Å². The molecule has 1 fully saturated rings. The Labute approximate surface area is 114 Å². The number of hydrogen-bond acceptors (Lipinski definition) is 4. The molecule has 100 valence electrons. The minimum absolute atomic E-state index is 0.0394. The van der Waals surface area contributed by atoms with Crippen molar-refractivity contribution in [1.82, 2.24) is 9.03 Å². The molecule has 18 heavy (non-hydrogen) atoms. The van der Waals surface area contributed by atoms with Crippen molar-refractivity contribution < 1.29 is 17.6 Å². The molecule has 0 atom stereocenters. The Hall–Kier alpha value is -0.860. The molecule has 0 spiro atoms. The molecular weight excluding hydrogens is 324 g/mol. The van der Waals surface area contributed by atoms with E-state index in [-0.39, 0.29) is 5.76 Å². The normalized spacial score (nSPS) is 17.6. The van der Waals surface area contributed by atoms with Crippen molar-refractivity contribution in [3.63, 3.8) is 0 Å². The summed E-state index contributed by atoms with van der Waals surface area (Å²) < 4.78 is 32.5. The standard InChI is InChI=1S/C10H13BrN2O4S/c11-9-5-4-8(17-9)10(14)12-18(15,16)13-6-2-1-3-7-13/h4-5H,1-3,6-7H2,(H,12,14). The van der Waals surface area contributed by atoms with Crippen molar-refractivity contribution >= 4 is 32.0 Å². The second-order valence-corrected chi connectivity index (χ2v) is 6.45. The van der Waals surface area contributed by atoms with Gasteiger partial charge >= 0.3 is 16.1 Å². The largest absolute Gasteiger partial charge is 0.444 e. The van der Waals surface area contributed by atoms with Crippen LogP contribution in [0.4, 0.5) is 0 Å². The molecule has 0 bridgehead atoms. The summed E-state index contributed by atoms with van der Waals surface area (Å²) in [5, 5.41) is 0. The maximum Gasteiger partial charge on any atom is 0.304 e. The molecule has 0 unspecified atom stereocenters. The van der Waals surface area contributed by atoms with Gasteiger partial charge in [0, 0.05) is 13.1 Å². The summed E-state index contributed by atoms with van der Waals surface area (Å²) in [6, 6.07) is 2.94. The van der Waals surface area contributed by atoms with Crippen molar-refractivity contribution in [2.75, 3.05) is 13.1 Å². The molecule has 2 rings (SSSR count). The first-order chi connectivity index (χ1) is 8.49. The molecule has 1 aliphatic rings. The van der Waals surface area contributed by atoms with Gasteiger partial charge in [0.15, 0.2) is 10.4 Å². The Bertz CT molecular complexity index is 534. The van der Waals surface area contributed by atoms with E-state index in [9.17, 15) is 13.2 Å². The summed E-state index contributed by atoms with van der Waals surface area (Å²) in [7, 11) is -3.76. The number of furan rings is 1. The van der Waals surface area contributed by atoms with Crippen LogP contribution in [-0.2, 0) is 10.2 Å². The second kappa shape index (κ2) is 5.41. The predicted octanol–water partition coefficient (Wildman–Crippen LogP) is 1.50. The van der Waals surface area contributed by atoms with Crippen LogP contribution in [0, 0.1) is 0 Å². The molecule has 0 aliphatic carbocycles. The third-order valence-electron chi connectivity index (χ3n) is 2.67. The fraction of sp³-hybridized carbons (Fsp3) is 0.500. The molecule has 2 heterocycles. The third kappa shape index (κ3) is 3.12. The molecule has 0 aromatic carbocycles. The highest BCUT2D eigenvalue weighted by atomic mass is 79.9. The number of nitrogens with one attached hydrogen (secondary N) is 1. The van der Waals surface area contributed by atoms with E-state index >= 15 is 0 Å². The van der Waals surface area contributed by atoms with E-state index in [0.717, 1.165) is 19.3 Å². The van der Waals surface area contributed by atoms with Crippen LogP contribution in [0.15, 0.2) is 21.2 Å². The minimum atomic E-state index is -3.76. The van der Waals surface area contributed by atoms with Crippen LogP contribution in [0.5, 0.6) is 0 Å². The number of nitrogens with zero attached hydrogens (tertiary/aromatic N) is 1. The zero-order valence-corrected chi connectivity index (χ0v) is 12.0. The van der Waals surface area contributed by atoms with Gasteiger partial charge in [-0.1, -0.05) is 6.42 Å². The molecule has 1 aromatic rings. The second-order valence-electron chi connectivity index (χ2n) is 4.00. The van der Waals surface area contributed by atoms with E-state index in [1.807, 2.05) is 4.72 Å². The topological polar surface area (TPSA) is 79.6 Å². The van der Waals surface area contributed by atoms with Crippen molar-refractivity contribution in [2.45, 2.75) is 19.3 Å². The SMILES string of the molecule is O=C(NS(=O)(=O)N1CCCCC1)c1ccc(Br)o1. The van der Waals surface area contributed by atoms with Gasteiger partial charge in [-0.25, -0.2) is 4.72 Å². The van der Waals surface area contributed by atoms with Crippen LogP contribution < -0.4 is 4.72 Å². The Kier molecular flexibility index (Phi) is 4.08. The van der Waals surface area contributed by atoms with E-state index in [1.54, 1.807) is 0 Å². The Morgan fingerprint density at radius 3 is 2.50 bits per heavy atom. The maximum absolute atomic E-state index is 11.9. The van der Waals surface area contributed by atoms with Gasteiger partial charge in [0.1, 0.15) is 0 Å². The maximum atomic E-state index is 11.9. The summed E-state index contributed by atoms with van der Waals surface area (Å²) >= 11 is 3.05. The molecule has 1 aromatic heterocycles. The lowest BCUT2D eigenvalue weighted by atomic mass is 10.2. The molecule has 6 nitrogen and oxygen atoms in total. The summed E-state index contributed by atoms with van der Waals surface area (Å²) in [4.78, 5) is 11.7. The van der Waals surface area contributed by atoms with E-state index in [1.165, 1.54) is 16.4 Å². The molecule has 1 amide bonds. The van der Waals surface area contributed by atoms with Crippen LogP contribution in [0.2, 0.25) is 0 Å².